The minimum Gasteiger partial charge on any atom is -0.375 e. The molecule has 0 bridgehead atoms. The van der Waals surface area contributed by atoms with E-state index in [2.05, 4.69) is 64.7 Å². The fourth-order valence-electron chi connectivity index (χ4n) is 3.64. The van der Waals surface area contributed by atoms with Crippen LogP contribution in [0.15, 0.2) is 29.4 Å². The number of aromatic nitrogens is 4. The highest BCUT2D eigenvalue weighted by Gasteiger charge is 2.14. The lowest BCUT2D eigenvalue weighted by Gasteiger charge is -2.12. The van der Waals surface area contributed by atoms with E-state index in [1.54, 1.807) is 6.21 Å². The first-order valence-electron chi connectivity index (χ1n) is 10.9. The quantitative estimate of drug-likeness (QED) is 0.270. The van der Waals surface area contributed by atoms with E-state index < -0.39 is 0 Å². The summed E-state index contributed by atoms with van der Waals surface area (Å²) >= 11 is 0. The average Bonchev–Trinajstić information content (AvgIpc) is 3.08. The number of benzene rings is 1. The zero-order chi connectivity index (χ0) is 23.1. The van der Waals surface area contributed by atoms with E-state index in [0.29, 0.717) is 19.2 Å². The Morgan fingerprint density at radius 1 is 1.16 bits per heavy atom. The van der Waals surface area contributed by atoms with Crippen molar-refractivity contribution in [3.8, 4) is 0 Å². The molecular formula is C25H32N6O. The van der Waals surface area contributed by atoms with Crippen LogP contribution in [0.2, 0.25) is 0 Å². The zero-order valence-corrected chi connectivity index (χ0v) is 19.8. The first kappa shape index (κ1) is 23.3. The van der Waals surface area contributed by atoms with Crippen LogP contribution in [-0.4, -0.2) is 33.0 Å². The summed E-state index contributed by atoms with van der Waals surface area (Å²) in [5, 5.41) is 11.7. The minimum absolute atomic E-state index is 0.413. The molecule has 0 amide bonds. The fourth-order valence-corrected chi connectivity index (χ4v) is 3.64. The van der Waals surface area contributed by atoms with Crippen LogP contribution >= 0.6 is 0 Å². The Hall–Kier alpha value is -3.32. The molecule has 0 saturated carbocycles. The van der Waals surface area contributed by atoms with Gasteiger partial charge in [0.1, 0.15) is 0 Å². The molecule has 0 atom stereocenters. The molecule has 0 aliphatic heterocycles. The van der Waals surface area contributed by atoms with E-state index in [1.165, 1.54) is 5.56 Å². The number of ether oxygens (including phenoxy) is 1. The summed E-state index contributed by atoms with van der Waals surface area (Å²) < 4.78 is 5.82. The Labute approximate surface area is 190 Å². The van der Waals surface area contributed by atoms with Gasteiger partial charge in [0.25, 0.3) is 0 Å². The first-order chi connectivity index (χ1) is 15.4. The number of H-pyrrole nitrogens is 1. The number of rotatable bonds is 9. The van der Waals surface area contributed by atoms with Crippen molar-refractivity contribution in [2.24, 2.45) is 5.10 Å². The van der Waals surface area contributed by atoms with Crippen molar-refractivity contribution in [3.63, 3.8) is 0 Å². The Morgan fingerprint density at radius 2 is 1.97 bits per heavy atom. The molecule has 0 fully saturated rings. The predicted molar refractivity (Wildman–Crippen MR) is 131 cm³/mol. The van der Waals surface area contributed by atoms with Gasteiger partial charge in [-0.1, -0.05) is 36.8 Å². The number of aromatic amines is 1. The van der Waals surface area contributed by atoms with Gasteiger partial charge < -0.3 is 4.74 Å². The molecule has 1 aromatic carbocycles. The van der Waals surface area contributed by atoms with E-state index in [1.807, 2.05) is 32.9 Å². The number of hydrogen-bond acceptors (Lipinski definition) is 6. The monoisotopic (exact) mass is 432 g/mol. The van der Waals surface area contributed by atoms with Crippen LogP contribution in [-0.2, 0) is 11.3 Å². The van der Waals surface area contributed by atoms with Crippen molar-refractivity contribution in [2.45, 2.75) is 54.6 Å². The molecule has 2 aromatic heterocycles. The van der Waals surface area contributed by atoms with Gasteiger partial charge in [-0.25, -0.2) is 15.4 Å². The largest absolute Gasteiger partial charge is 0.375 e. The van der Waals surface area contributed by atoms with Crippen molar-refractivity contribution in [2.75, 3.05) is 12.0 Å². The molecule has 3 rings (SSSR count). The van der Waals surface area contributed by atoms with Crippen molar-refractivity contribution in [3.05, 3.63) is 69.3 Å². The van der Waals surface area contributed by atoms with Crippen LogP contribution in [0.3, 0.4) is 0 Å². The second-order valence-electron chi connectivity index (χ2n) is 7.97. The van der Waals surface area contributed by atoms with Gasteiger partial charge in [-0.2, -0.15) is 10.2 Å². The molecule has 0 spiro atoms. The molecule has 2 N–H and O–H groups in total. The van der Waals surface area contributed by atoms with Gasteiger partial charge in [0, 0.05) is 23.4 Å². The smallest absolute Gasteiger partial charge is 0.244 e. The Balaban J connectivity index is 1.90. The van der Waals surface area contributed by atoms with Crippen LogP contribution in [0.1, 0.15) is 65.3 Å². The maximum absolute atomic E-state index is 5.82. The van der Waals surface area contributed by atoms with E-state index >= 15 is 0 Å². The SMILES string of the molecule is CCCOCc1nc(N/N=C/c2cccc(C)c2)nc(C)c1/C=C(\C)c1c(C)n[nH]c1C. The number of nitrogens with zero attached hydrogens (tertiary/aromatic N) is 4. The lowest BCUT2D eigenvalue weighted by molar-refractivity contribution is 0.118. The second kappa shape index (κ2) is 10.8. The molecule has 168 valence electrons. The summed E-state index contributed by atoms with van der Waals surface area (Å²) in [6, 6.07) is 8.14. The molecule has 0 aliphatic carbocycles. The molecule has 32 heavy (non-hydrogen) atoms. The number of hydrogen-bond donors (Lipinski definition) is 2. The molecule has 3 aromatic rings. The molecule has 0 radical (unpaired) electrons. The van der Waals surface area contributed by atoms with Gasteiger partial charge in [-0.15, -0.1) is 0 Å². The molecule has 2 heterocycles. The summed E-state index contributed by atoms with van der Waals surface area (Å²) in [4.78, 5) is 9.33. The highest BCUT2D eigenvalue weighted by atomic mass is 16.5. The third-order valence-electron chi connectivity index (χ3n) is 5.11. The average molecular weight is 433 g/mol. The van der Waals surface area contributed by atoms with Gasteiger partial charge in [-0.3, -0.25) is 5.10 Å². The molecular weight excluding hydrogens is 400 g/mol. The third kappa shape index (κ3) is 5.88. The van der Waals surface area contributed by atoms with Gasteiger partial charge in [0.15, 0.2) is 0 Å². The lowest BCUT2D eigenvalue weighted by Crippen LogP contribution is -2.07. The second-order valence-corrected chi connectivity index (χ2v) is 7.97. The highest BCUT2D eigenvalue weighted by Crippen LogP contribution is 2.26. The molecule has 0 aliphatic rings. The van der Waals surface area contributed by atoms with Crippen LogP contribution in [0, 0.1) is 27.7 Å². The van der Waals surface area contributed by atoms with Gasteiger partial charge in [0.05, 0.1) is 29.9 Å². The number of anilines is 1. The van der Waals surface area contributed by atoms with Crippen molar-refractivity contribution in [1.82, 2.24) is 20.2 Å². The molecule has 7 nitrogen and oxygen atoms in total. The first-order valence-corrected chi connectivity index (χ1v) is 10.9. The zero-order valence-electron chi connectivity index (χ0n) is 19.8. The third-order valence-corrected chi connectivity index (χ3v) is 5.11. The van der Waals surface area contributed by atoms with Crippen LogP contribution in [0.25, 0.3) is 11.6 Å². The summed E-state index contributed by atoms with van der Waals surface area (Å²) in [6.45, 7) is 13.3. The molecule has 7 heteroatoms. The summed E-state index contributed by atoms with van der Waals surface area (Å²) in [5.41, 5.74) is 12.1. The van der Waals surface area contributed by atoms with Gasteiger partial charge >= 0.3 is 0 Å². The lowest BCUT2D eigenvalue weighted by atomic mass is 10.0. The Bertz CT molecular complexity index is 1110. The Kier molecular flexibility index (Phi) is 7.89. The maximum atomic E-state index is 5.82. The summed E-state index contributed by atoms with van der Waals surface area (Å²) in [7, 11) is 0. The number of allylic oxidation sites excluding steroid dienone is 1. The van der Waals surface area contributed by atoms with E-state index in [9.17, 15) is 0 Å². The van der Waals surface area contributed by atoms with Crippen molar-refractivity contribution < 1.29 is 4.74 Å². The summed E-state index contributed by atoms with van der Waals surface area (Å²) in [6.07, 6.45) is 4.83. The van der Waals surface area contributed by atoms with Crippen LogP contribution < -0.4 is 5.43 Å². The van der Waals surface area contributed by atoms with Crippen LogP contribution in [0.5, 0.6) is 0 Å². The van der Waals surface area contributed by atoms with Crippen molar-refractivity contribution in [1.29, 1.82) is 0 Å². The van der Waals surface area contributed by atoms with Crippen molar-refractivity contribution >= 4 is 23.8 Å². The van der Waals surface area contributed by atoms with Crippen LogP contribution in [0.4, 0.5) is 5.95 Å². The fraction of sp³-hybridized carbons (Fsp3) is 0.360. The predicted octanol–water partition coefficient (Wildman–Crippen LogP) is 5.37. The van der Waals surface area contributed by atoms with Gasteiger partial charge in [-0.05, 0) is 58.3 Å². The maximum Gasteiger partial charge on any atom is 0.244 e. The standard InChI is InChI=1S/C25H32N6O/c1-7-11-32-15-23-22(13-17(3)24-19(5)29-30-20(24)6)18(4)27-25(28-23)31-26-14-21-10-8-9-16(2)12-21/h8-10,12-14H,7,11,15H2,1-6H3,(H,29,30)(H,27,28,31)/b17-13+,26-14+. The number of aryl methyl sites for hydroxylation is 4. The van der Waals surface area contributed by atoms with E-state index in [0.717, 1.165) is 51.5 Å². The van der Waals surface area contributed by atoms with E-state index in [-0.39, 0.29) is 0 Å². The highest BCUT2D eigenvalue weighted by molar-refractivity contribution is 5.83. The van der Waals surface area contributed by atoms with E-state index in [4.69, 9.17) is 9.72 Å². The topological polar surface area (TPSA) is 88.1 Å². The normalized spacial score (nSPS) is 12.0. The number of hydrazone groups is 1. The number of nitrogens with one attached hydrogen (secondary N) is 2. The Morgan fingerprint density at radius 3 is 2.66 bits per heavy atom. The summed E-state index contributed by atoms with van der Waals surface area (Å²) in [5.74, 6) is 0.451. The van der Waals surface area contributed by atoms with Gasteiger partial charge in [0.2, 0.25) is 5.95 Å². The molecule has 0 unspecified atom stereocenters. The molecule has 0 saturated heterocycles. The minimum atomic E-state index is 0.413.